The molecule has 1 unspecified atom stereocenters. The van der Waals surface area contributed by atoms with Crippen molar-refractivity contribution < 1.29 is 4.39 Å². The summed E-state index contributed by atoms with van der Waals surface area (Å²) >= 11 is 12.3. The van der Waals surface area contributed by atoms with Crippen molar-refractivity contribution in [2.24, 2.45) is 0 Å². The molecular weight excluding hydrogens is 308 g/mol. The molecule has 0 saturated heterocycles. The second-order valence-electron chi connectivity index (χ2n) is 4.81. The van der Waals surface area contributed by atoms with Crippen LogP contribution in [0.5, 0.6) is 0 Å². The molecule has 0 N–H and O–H groups in total. The predicted octanol–water partition coefficient (Wildman–Crippen LogP) is 5.55. The molecule has 4 heteroatoms. The van der Waals surface area contributed by atoms with Crippen LogP contribution in [0.2, 0.25) is 5.02 Å². The van der Waals surface area contributed by atoms with Crippen LogP contribution >= 0.6 is 23.2 Å². The molecule has 0 radical (unpaired) electrons. The van der Waals surface area contributed by atoms with Crippen LogP contribution in [0.4, 0.5) is 4.39 Å². The number of hydrogen-bond donors (Lipinski definition) is 0. The number of fused-ring (bicyclic) bond motifs is 1. The van der Waals surface area contributed by atoms with Crippen molar-refractivity contribution >= 4 is 34.1 Å². The first-order valence-electron chi connectivity index (χ1n) is 6.58. The highest BCUT2D eigenvalue weighted by Crippen LogP contribution is 2.32. The Balaban J connectivity index is 1.89. The van der Waals surface area contributed by atoms with Crippen LogP contribution in [0.1, 0.15) is 16.6 Å². The van der Waals surface area contributed by atoms with E-state index in [2.05, 4.69) is 4.98 Å². The van der Waals surface area contributed by atoms with Gasteiger partial charge in [0.05, 0.1) is 15.9 Å². The van der Waals surface area contributed by atoms with E-state index in [4.69, 9.17) is 23.2 Å². The molecule has 3 aromatic rings. The number of rotatable bonds is 3. The third-order valence-corrected chi connectivity index (χ3v) is 4.15. The second-order valence-corrected chi connectivity index (χ2v) is 5.71. The van der Waals surface area contributed by atoms with E-state index in [0.29, 0.717) is 12.0 Å². The van der Waals surface area contributed by atoms with E-state index in [0.717, 1.165) is 16.6 Å². The topological polar surface area (TPSA) is 12.9 Å². The number of para-hydroxylation sites is 1. The van der Waals surface area contributed by atoms with Gasteiger partial charge >= 0.3 is 0 Å². The van der Waals surface area contributed by atoms with Gasteiger partial charge in [-0.2, -0.15) is 0 Å². The number of alkyl halides is 1. The lowest BCUT2D eigenvalue weighted by Crippen LogP contribution is -2.00. The van der Waals surface area contributed by atoms with Gasteiger partial charge in [-0.1, -0.05) is 48.0 Å². The standard InChI is InChI=1S/C17H12Cl2FN/c18-14(13-5-3-6-15(20)17(13)19)10-12-9-8-11-4-1-2-7-16(11)21-12/h1-9,14H,10H2. The number of halogens is 3. The van der Waals surface area contributed by atoms with Crippen molar-refractivity contribution in [1.29, 1.82) is 0 Å². The average molecular weight is 320 g/mol. The number of pyridine rings is 1. The fourth-order valence-electron chi connectivity index (χ4n) is 2.28. The molecule has 21 heavy (non-hydrogen) atoms. The number of benzene rings is 2. The first kappa shape index (κ1) is 14.3. The van der Waals surface area contributed by atoms with E-state index in [1.54, 1.807) is 12.1 Å². The maximum absolute atomic E-state index is 13.5. The number of aromatic nitrogens is 1. The molecule has 0 aliphatic rings. The van der Waals surface area contributed by atoms with Crippen LogP contribution in [0.25, 0.3) is 10.9 Å². The van der Waals surface area contributed by atoms with E-state index in [1.165, 1.54) is 6.07 Å². The molecule has 0 amide bonds. The Morgan fingerprint density at radius 2 is 1.81 bits per heavy atom. The molecule has 3 rings (SSSR count). The molecule has 1 nitrogen and oxygen atoms in total. The Kier molecular flexibility index (Phi) is 4.09. The van der Waals surface area contributed by atoms with Gasteiger partial charge in [0, 0.05) is 17.5 Å². The summed E-state index contributed by atoms with van der Waals surface area (Å²) in [6.45, 7) is 0. The molecule has 0 fully saturated rings. The van der Waals surface area contributed by atoms with Crippen LogP contribution in [-0.2, 0) is 6.42 Å². The first-order chi connectivity index (χ1) is 10.1. The zero-order valence-electron chi connectivity index (χ0n) is 11.1. The van der Waals surface area contributed by atoms with Crippen molar-refractivity contribution in [1.82, 2.24) is 4.98 Å². The van der Waals surface area contributed by atoms with Crippen LogP contribution in [0.3, 0.4) is 0 Å². The van der Waals surface area contributed by atoms with Gasteiger partial charge in [0.15, 0.2) is 0 Å². The van der Waals surface area contributed by atoms with Crippen molar-refractivity contribution in [3.63, 3.8) is 0 Å². The largest absolute Gasteiger partial charge is 0.253 e. The van der Waals surface area contributed by atoms with Gasteiger partial charge in [0.25, 0.3) is 0 Å². The van der Waals surface area contributed by atoms with Crippen LogP contribution < -0.4 is 0 Å². The van der Waals surface area contributed by atoms with Crippen molar-refractivity contribution in [3.05, 3.63) is 76.7 Å². The molecule has 1 aromatic heterocycles. The minimum Gasteiger partial charge on any atom is -0.253 e. The number of nitrogens with zero attached hydrogens (tertiary/aromatic N) is 1. The third-order valence-electron chi connectivity index (χ3n) is 3.36. The van der Waals surface area contributed by atoms with Gasteiger partial charge in [-0.25, -0.2) is 4.39 Å². The zero-order chi connectivity index (χ0) is 14.8. The summed E-state index contributed by atoms with van der Waals surface area (Å²) in [4.78, 5) is 4.57. The van der Waals surface area contributed by atoms with E-state index in [1.807, 2.05) is 36.4 Å². The quantitative estimate of drug-likeness (QED) is 0.577. The van der Waals surface area contributed by atoms with E-state index in [9.17, 15) is 4.39 Å². The smallest absolute Gasteiger partial charge is 0.142 e. The zero-order valence-corrected chi connectivity index (χ0v) is 12.6. The molecule has 106 valence electrons. The molecule has 1 heterocycles. The summed E-state index contributed by atoms with van der Waals surface area (Å²) < 4.78 is 13.5. The highest BCUT2D eigenvalue weighted by atomic mass is 35.5. The Labute approximate surface area is 132 Å². The van der Waals surface area contributed by atoms with E-state index >= 15 is 0 Å². The fraction of sp³-hybridized carbons (Fsp3) is 0.118. The molecular formula is C17H12Cl2FN. The molecule has 0 spiro atoms. The Morgan fingerprint density at radius 3 is 2.67 bits per heavy atom. The van der Waals surface area contributed by atoms with Crippen molar-refractivity contribution in [2.45, 2.75) is 11.8 Å². The van der Waals surface area contributed by atoms with Crippen LogP contribution in [-0.4, -0.2) is 4.98 Å². The molecule has 1 atom stereocenters. The van der Waals surface area contributed by atoms with Gasteiger partial charge in [-0.3, -0.25) is 4.98 Å². The maximum Gasteiger partial charge on any atom is 0.142 e. The lowest BCUT2D eigenvalue weighted by Gasteiger charge is -2.12. The van der Waals surface area contributed by atoms with Gasteiger partial charge in [-0.15, -0.1) is 11.6 Å². The normalized spacial score (nSPS) is 12.5. The predicted molar refractivity (Wildman–Crippen MR) is 85.5 cm³/mol. The van der Waals surface area contributed by atoms with Gasteiger partial charge in [0.2, 0.25) is 0 Å². The van der Waals surface area contributed by atoms with E-state index < -0.39 is 11.2 Å². The molecule has 2 aromatic carbocycles. The van der Waals surface area contributed by atoms with Gasteiger partial charge in [-0.05, 0) is 23.8 Å². The lowest BCUT2D eigenvalue weighted by molar-refractivity contribution is 0.625. The summed E-state index contributed by atoms with van der Waals surface area (Å²) in [5.74, 6) is -0.453. The van der Waals surface area contributed by atoms with Crippen LogP contribution in [0.15, 0.2) is 54.6 Å². The Bertz CT molecular complexity index is 789. The summed E-state index contributed by atoms with van der Waals surface area (Å²) in [5, 5.41) is 0.747. The monoisotopic (exact) mass is 319 g/mol. The molecule has 0 aliphatic carbocycles. The highest BCUT2D eigenvalue weighted by Gasteiger charge is 2.15. The SMILES string of the molecule is Fc1cccc(C(Cl)Cc2ccc3ccccc3n2)c1Cl. The minimum absolute atomic E-state index is 0.0817. The van der Waals surface area contributed by atoms with Gasteiger partial charge < -0.3 is 0 Å². The summed E-state index contributed by atoms with van der Waals surface area (Å²) in [7, 11) is 0. The van der Waals surface area contributed by atoms with Crippen molar-refractivity contribution in [3.8, 4) is 0 Å². The summed E-state index contributed by atoms with van der Waals surface area (Å²) in [6, 6.07) is 16.5. The summed E-state index contributed by atoms with van der Waals surface area (Å²) in [6.07, 6.45) is 0.496. The number of hydrogen-bond acceptors (Lipinski definition) is 1. The van der Waals surface area contributed by atoms with Gasteiger partial charge in [0.1, 0.15) is 5.82 Å². The Morgan fingerprint density at radius 1 is 1.00 bits per heavy atom. The molecule has 0 saturated carbocycles. The minimum atomic E-state index is -0.453. The maximum atomic E-state index is 13.5. The highest BCUT2D eigenvalue weighted by molar-refractivity contribution is 6.33. The lowest BCUT2D eigenvalue weighted by atomic mass is 10.1. The average Bonchev–Trinajstić information content (AvgIpc) is 2.50. The second kappa shape index (κ2) is 6.00. The Hall–Kier alpha value is -1.64. The molecule has 0 bridgehead atoms. The van der Waals surface area contributed by atoms with E-state index in [-0.39, 0.29) is 5.02 Å². The first-order valence-corrected chi connectivity index (χ1v) is 7.39. The molecule has 0 aliphatic heterocycles. The fourth-order valence-corrected chi connectivity index (χ4v) is 2.93. The van der Waals surface area contributed by atoms with Crippen molar-refractivity contribution in [2.75, 3.05) is 0 Å². The van der Waals surface area contributed by atoms with Crippen LogP contribution in [0, 0.1) is 5.82 Å². The third kappa shape index (κ3) is 3.02. The summed E-state index contributed by atoms with van der Waals surface area (Å²) in [5.41, 5.74) is 2.37.